The summed E-state index contributed by atoms with van der Waals surface area (Å²) >= 11 is 0. The Morgan fingerprint density at radius 1 is 1.17 bits per heavy atom. The van der Waals surface area contributed by atoms with Crippen LogP contribution in [0.4, 0.5) is 4.79 Å². The summed E-state index contributed by atoms with van der Waals surface area (Å²) in [5, 5.41) is 3.81. The minimum Gasteiger partial charge on any atom is -0.444 e. The fourth-order valence-electron chi connectivity index (χ4n) is 3.81. The Hall–Kier alpha value is -0.770. The molecule has 1 amide bonds. The van der Waals surface area contributed by atoms with Crippen molar-refractivity contribution >= 4 is 6.09 Å². The molecule has 2 fully saturated rings. The van der Waals surface area contributed by atoms with Gasteiger partial charge in [-0.05, 0) is 65.7 Å². The molecular formula is C19H36N2O2. The normalized spacial score (nSPS) is 27.2. The highest BCUT2D eigenvalue weighted by molar-refractivity contribution is 5.68. The molecule has 0 spiro atoms. The van der Waals surface area contributed by atoms with Crippen molar-refractivity contribution in [3.63, 3.8) is 0 Å². The first-order valence-electron chi connectivity index (χ1n) is 9.46. The summed E-state index contributed by atoms with van der Waals surface area (Å²) in [5.41, 5.74) is -0.416. The average Bonchev–Trinajstić information content (AvgIpc) is 2.41. The lowest BCUT2D eigenvalue weighted by Gasteiger charge is -2.37. The molecule has 2 aliphatic rings. The number of amides is 1. The van der Waals surface area contributed by atoms with Gasteiger partial charge < -0.3 is 15.0 Å². The highest BCUT2D eigenvalue weighted by Gasteiger charge is 2.30. The van der Waals surface area contributed by atoms with Crippen molar-refractivity contribution in [3.05, 3.63) is 0 Å². The van der Waals surface area contributed by atoms with Gasteiger partial charge in [-0.1, -0.05) is 19.3 Å². The second kappa shape index (κ2) is 7.87. The van der Waals surface area contributed by atoms with E-state index in [1.54, 1.807) is 4.90 Å². The Bertz CT molecular complexity index is 379. The summed E-state index contributed by atoms with van der Waals surface area (Å²) in [5.74, 6) is 0.965. The SMILES string of the molecule is CC(CC1CCC1)NC1CCC(N(C)C(=O)OC(C)(C)C)CC1. The summed E-state index contributed by atoms with van der Waals surface area (Å²) in [6, 6.07) is 1.57. The van der Waals surface area contributed by atoms with E-state index >= 15 is 0 Å². The van der Waals surface area contributed by atoms with Gasteiger partial charge in [0.15, 0.2) is 0 Å². The molecule has 0 bridgehead atoms. The molecule has 1 unspecified atom stereocenters. The summed E-state index contributed by atoms with van der Waals surface area (Å²) in [6.07, 6.45) is 9.90. The maximum atomic E-state index is 12.2. The maximum Gasteiger partial charge on any atom is 0.410 e. The maximum absolute atomic E-state index is 12.2. The van der Waals surface area contributed by atoms with E-state index in [-0.39, 0.29) is 6.09 Å². The van der Waals surface area contributed by atoms with Crippen LogP contribution in [0.25, 0.3) is 0 Å². The largest absolute Gasteiger partial charge is 0.444 e. The van der Waals surface area contributed by atoms with Crippen molar-refractivity contribution in [2.75, 3.05) is 7.05 Å². The number of hydrogen-bond acceptors (Lipinski definition) is 3. The quantitative estimate of drug-likeness (QED) is 0.818. The van der Waals surface area contributed by atoms with E-state index in [0.717, 1.165) is 31.6 Å². The van der Waals surface area contributed by atoms with E-state index in [1.807, 2.05) is 27.8 Å². The van der Waals surface area contributed by atoms with Crippen LogP contribution in [-0.2, 0) is 4.74 Å². The summed E-state index contributed by atoms with van der Waals surface area (Å²) in [4.78, 5) is 14.0. The molecule has 0 aliphatic heterocycles. The number of carbonyl (C=O) groups is 1. The highest BCUT2D eigenvalue weighted by atomic mass is 16.6. The van der Waals surface area contributed by atoms with Crippen LogP contribution in [0.15, 0.2) is 0 Å². The van der Waals surface area contributed by atoms with Crippen molar-refractivity contribution in [2.24, 2.45) is 5.92 Å². The predicted molar refractivity (Wildman–Crippen MR) is 94.6 cm³/mol. The lowest BCUT2D eigenvalue weighted by atomic mass is 9.80. The molecule has 0 heterocycles. The van der Waals surface area contributed by atoms with Gasteiger partial charge in [0.25, 0.3) is 0 Å². The third-order valence-corrected chi connectivity index (χ3v) is 5.36. The van der Waals surface area contributed by atoms with Crippen LogP contribution in [0.5, 0.6) is 0 Å². The summed E-state index contributed by atoms with van der Waals surface area (Å²) < 4.78 is 5.48. The second-order valence-electron chi connectivity index (χ2n) is 8.70. The lowest BCUT2D eigenvalue weighted by Crippen LogP contribution is -2.46. The Morgan fingerprint density at radius 2 is 1.78 bits per heavy atom. The Labute approximate surface area is 142 Å². The molecule has 2 rings (SSSR count). The average molecular weight is 325 g/mol. The van der Waals surface area contributed by atoms with E-state index < -0.39 is 5.60 Å². The zero-order valence-corrected chi connectivity index (χ0v) is 15.7. The first-order valence-corrected chi connectivity index (χ1v) is 9.46. The molecule has 0 aromatic heterocycles. The van der Waals surface area contributed by atoms with Gasteiger partial charge in [-0.25, -0.2) is 4.79 Å². The number of carbonyl (C=O) groups excluding carboxylic acids is 1. The summed E-state index contributed by atoms with van der Waals surface area (Å²) in [6.45, 7) is 8.09. The molecule has 1 atom stereocenters. The smallest absolute Gasteiger partial charge is 0.410 e. The summed E-state index contributed by atoms with van der Waals surface area (Å²) in [7, 11) is 1.88. The molecule has 0 saturated heterocycles. The fraction of sp³-hybridized carbons (Fsp3) is 0.947. The van der Waals surface area contributed by atoms with Gasteiger partial charge in [0.1, 0.15) is 5.60 Å². The first-order chi connectivity index (χ1) is 10.7. The van der Waals surface area contributed by atoms with E-state index in [2.05, 4.69) is 12.2 Å². The van der Waals surface area contributed by atoms with Crippen LogP contribution in [0.3, 0.4) is 0 Å². The molecule has 23 heavy (non-hydrogen) atoms. The van der Waals surface area contributed by atoms with E-state index in [9.17, 15) is 4.79 Å². The zero-order valence-electron chi connectivity index (χ0n) is 15.7. The van der Waals surface area contributed by atoms with Gasteiger partial charge in [0, 0.05) is 25.2 Å². The van der Waals surface area contributed by atoms with Crippen molar-refractivity contribution in [1.82, 2.24) is 10.2 Å². The molecule has 0 radical (unpaired) electrons. The first kappa shape index (κ1) is 18.6. The lowest BCUT2D eigenvalue weighted by molar-refractivity contribution is 0.0177. The number of nitrogens with one attached hydrogen (secondary N) is 1. The van der Waals surface area contributed by atoms with E-state index in [0.29, 0.717) is 18.1 Å². The second-order valence-corrected chi connectivity index (χ2v) is 8.70. The topological polar surface area (TPSA) is 41.6 Å². The zero-order chi connectivity index (χ0) is 17.0. The van der Waals surface area contributed by atoms with Crippen LogP contribution < -0.4 is 5.32 Å². The molecule has 134 valence electrons. The van der Waals surface area contributed by atoms with Crippen LogP contribution in [-0.4, -0.2) is 41.8 Å². The third-order valence-electron chi connectivity index (χ3n) is 5.36. The molecule has 2 saturated carbocycles. The van der Waals surface area contributed by atoms with Gasteiger partial charge in [-0.2, -0.15) is 0 Å². The molecule has 0 aromatic carbocycles. The molecule has 0 aromatic rings. The van der Waals surface area contributed by atoms with Crippen molar-refractivity contribution < 1.29 is 9.53 Å². The number of hydrogen-bond donors (Lipinski definition) is 1. The third kappa shape index (κ3) is 5.98. The van der Waals surface area contributed by atoms with Gasteiger partial charge in [0.2, 0.25) is 0 Å². The van der Waals surface area contributed by atoms with Gasteiger partial charge in [0.05, 0.1) is 0 Å². The van der Waals surface area contributed by atoms with Gasteiger partial charge >= 0.3 is 6.09 Å². The number of nitrogens with zero attached hydrogens (tertiary/aromatic N) is 1. The number of rotatable bonds is 5. The fourth-order valence-corrected chi connectivity index (χ4v) is 3.81. The minimum atomic E-state index is -0.416. The molecule has 1 N–H and O–H groups in total. The molecule has 4 heteroatoms. The Balaban J connectivity index is 1.69. The molecule has 4 nitrogen and oxygen atoms in total. The number of ether oxygens (including phenoxy) is 1. The molecule has 2 aliphatic carbocycles. The van der Waals surface area contributed by atoms with Crippen LogP contribution in [0.2, 0.25) is 0 Å². The van der Waals surface area contributed by atoms with Crippen LogP contribution >= 0.6 is 0 Å². The van der Waals surface area contributed by atoms with Gasteiger partial charge in [-0.3, -0.25) is 0 Å². The molecular weight excluding hydrogens is 288 g/mol. The van der Waals surface area contributed by atoms with E-state index in [4.69, 9.17) is 4.74 Å². The predicted octanol–water partition coefficient (Wildman–Crippen LogP) is 4.33. The van der Waals surface area contributed by atoms with Crippen molar-refractivity contribution in [2.45, 2.75) is 103 Å². The Morgan fingerprint density at radius 3 is 2.26 bits per heavy atom. The van der Waals surface area contributed by atoms with Crippen LogP contribution in [0.1, 0.15) is 79.1 Å². The Kier molecular flexibility index (Phi) is 6.35. The van der Waals surface area contributed by atoms with Crippen molar-refractivity contribution in [1.29, 1.82) is 0 Å². The van der Waals surface area contributed by atoms with E-state index in [1.165, 1.54) is 25.7 Å². The van der Waals surface area contributed by atoms with Crippen molar-refractivity contribution in [3.8, 4) is 0 Å². The van der Waals surface area contributed by atoms with Crippen LogP contribution in [0, 0.1) is 5.92 Å². The monoisotopic (exact) mass is 324 g/mol. The highest BCUT2D eigenvalue weighted by Crippen LogP contribution is 2.31. The van der Waals surface area contributed by atoms with Gasteiger partial charge in [-0.15, -0.1) is 0 Å². The standard InChI is InChI=1S/C19H36N2O2/c1-14(13-15-7-6-8-15)20-16-9-11-17(12-10-16)21(5)18(22)23-19(2,3)4/h14-17,20H,6-13H2,1-5H3. The minimum absolute atomic E-state index is 0.188.